The number of piperidine rings is 1. The molecule has 8 heteroatoms. The maximum Gasteiger partial charge on any atom is 0.243 e. The van der Waals surface area contributed by atoms with Gasteiger partial charge in [0.25, 0.3) is 0 Å². The quantitative estimate of drug-likeness (QED) is 0.385. The van der Waals surface area contributed by atoms with E-state index in [1.54, 1.807) is 34.6 Å². The number of phenolic OH excluding ortho intramolecular Hbond substituents is 1. The van der Waals surface area contributed by atoms with Gasteiger partial charge in [0.05, 0.1) is 4.90 Å². The minimum absolute atomic E-state index is 0.187. The van der Waals surface area contributed by atoms with Crippen molar-refractivity contribution in [1.29, 1.82) is 0 Å². The molecule has 34 heavy (non-hydrogen) atoms. The predicted molar refractivity (Wildman–Crippen MR) is 134 cm³/mol. The number of nitrogens with zero attached hydrogens (tertiary/aromatic N) is 3. The number of hydrogen-bond donors (Lipinski definition) is 2. The Labute approximate surface area is 199 Å². The summed E-state index contributed by atoms with van der Waals surface area (Å²) in [6.45, 7) is 2.95. The maximum atomic E-state index is 13.4. The van der Waals surface area contributed by atoms with Crippen molar-refractivity contribution in [2.75, 3.05) is 18.4 Å². The van der Waals surface area contributed by atoms with Gasteiger partial charge in [-0.05, 0) is 55.7 Å². The van der Waals surface area contributed by atoms with Gasteiger partial charge in [-0.25, -0.2) is 8.42 Å². The van der Waals surface area contributed by atoms with E-state index >= 15 is 0 Å². The summed E-state index contributed by atoms with van der Waals surface area (Å²) >= 11 is 0. The molecule has 1 aromatic heterocycles. The van der Waals surface area contributed by atoms with E-state index in [2.05, 4.69) is 15.5 Å². The van der Waals surface area contributed by atoms with E-state index in [4.69, 9.17) is 0 Å². The van der Waals surface area contributed by atoms with Gasteiger partial charge in [0, 0.05) is 35.1 Å². The zero-order chi connectivity index (χ0) is 23.7. The van der Waals surface area contributed by atoms with Crippen LogP contribution in [0.4, 0.5) is 11.5 Å². The lowest BCUT2D eigenvalue weighted by atomic mass is 10.0. The number of benzene rings is 3. The fraction of sp³-hybridized carbons (Fsp3) is 0.231. The van der Waals surface area contributed by atoms with Crippen LogP contribution >= 0.6 is 0 Å². The van der Waals surface area contributed by atoms with Gasteiger partial charge in [0.2, 0.25) is 10.0 Å². The maximum absolute atomic E-state index is 13.4. The minimum Gasteiger partial charge on any atom is -0.508 e. The Morgan fingerprint density at radius 3 is 2.32 bits per heavy atom. The molecule has 1 aliphatic rings. The van der Waals surface area contributed by atoms with Gasteiger partial charge in [0.1, 0.15) is 11.4 Å². The van der Waals surface area contributed by atoms with Crippen molar-refractivity contribution in [3.63, 3.8) is 0 Å². The van der Waals surface area contributed by atoms with Crippen molar-refractivity contribution >= 4 is 32.3 Å². The number of hydrogen-bond acceptors (Lipinski definition) is 6. The van der Waals surface area contributed by atoms with Gasteiger partial charge < -0.3 is 10.4 Å². The van der Waals surface area contributed by atoms with E-state index < -0.39 is 10.0 Å². The van der Waals surface area contributed by atoms with Crippen molar-refractivity contribution in [3.05, 3.63) is 72.3 Å². The molecule has 174 valence electrons. The molecule has 2 N–H and O–H groups in total. The summed E-state index contributed by atoms with van der Waals surface area (Å²) in [5.74, 6) is 0.768. The first kappa shape index (κ1) is 22.3. The SMILES string of the molecule is Cc1ccc(-c2nnc(Nc3ccc(O)cc3)c3ccccc23)cc1S(=O)(=O)N1CCCCC1. The van der Waals surface area contributed by atoms with Crippen molar-refractivity contribution in [3.8, 4) is 17.0 Å². The van der Waals surface area contributed by atoms with Crippen LogP contribution < -0.4 is 5.32 Å². The van der Waals surface area contributed by atoms with Gasteiger partial charge >= 0.3 is 0 Å². The molecule has 0 radical (unpaired) electrons. The van der Waals surface area contributed by atoms with Crippen LogP contribution in [0.1, 0.15) is 24.8 Å². The summed E-state index contributed by atoms with van der Waals surface area (Å²) in [7, 11) is -3.58. The third-order valence-corrected chi connectivity index (χ3v) is 8.25. The zero-order valence-corrected chi connectivity index (χ0v) is 19.7. The molecular formula is C26H26N4O3S. The summed E-state index contributed by atoms with van der Waals surface area (Å²) in [4.78, 5) is 0.323. The highest BCUT2D eigenvalue weighted by Crippen LogP contribution is 2.34. The van der Waals surface area contributed by atoms with Crippen LogP contribution in [0.25, 0.3) is 22.0 Å². The lowest BCUT2D eigenvalue weighted by Gasteiger charge is -2.26. The Morgan fingerprint density at radius 2 is 1.59 bits per heavy atom. The number of nitrogens with one attached hydrogen (secondary N) is 1. The van der Waals surface area contributed by atoms with Crippen LogP contribution in [-0.4, -0.2) is 41.1 Å². The summed E-state index contributed by atoms with van der Waals surface area (Å²) in [6, 6.07) is 20.0. The lowest BCUT2D eigenvalue weighted by Crippen LogP contribution is -2.35. The first-order valence-electron chi connectivity index (χ1n) is 11.4. The van der Waals surface area contributed by atoms with Gasteiger partial charge in [-0.3, -0.25) is 0 Å². The Hall–Kier alpha value is -3.49. The number of sulfonamides is 1. The summed E-state index contributed by atoms with van der Waals surface area (Å²) < 4.78 is 28.4. The van der Waals surface area contributed by atoms with Crippen molar-refractivity contribution in [1.82, 2.24) is 14.5 Å². The fourth-order valence-electron chi connectivity index (χ4n) is 4.36. The first-order chi connectivity index (χ1) is 16.4. The second-order valence-electron chi connectivity index (χ2n) is 8.56. The summed E-state index contributed by atoms with van der Waals surface area (Å²) in [5.41, 5.74) is 2.83. The van der Waals surface area contributed by atoms with Crippen molar-refractivity contribution in [2.24, 2.45) is 0 Å². The van der Waals surface area contributed by atoms with Crippen molar-refractivity contribution < 1.29 is 13.5 Å². The van der Waals surface area contributed by atoms with E-state index in [0.717, 1.165) is 41.3 Å². The molecular weight excluding hydrogens is 448 g/mol. The molecule has 4 aromatic rings. The number of aromatic hydroxyl groups is 1. The van der Waals surface area contributed by atoms with E-state index in [-0.39, 0.29) is 5.75 Å². The molecule has 5 rings (SSSR count). The molecule has 0 saturated carbocycles. The lowest BCUT2D eigenvalue weighted by molar-refractivity contribution is 0.346. The Bertz CT molecular complexity index is 1450. The second-order valence-corrected chi connectivity index (χ2v) is 10.5. The van der Waals surface area contributed by atoms with E-state index in [0.29, 0.717) is 35.1 Å². The Morgan fingerprint density at radius 1 is 0.882 bits per heavy atom. The highest BCUT2D eigenvalue weighted by atomic mass is 32.2. The van der Waals surface area contributed by atoms with Crippen LogP contribution in [0.15, 0.2) is 71.6 Å². The molecule has 0 spiro atoms. The molecule has 1 saturated heterocycles. The first-order valence-corrected chi connectivity index (χ1v) is 12.8. The topological polar surface area (TPSA) is 95.4 Å². The molecule has 1 fully saturated rings. The monoisotopic (exact) mass is 474 g/mol. The van der Waals surface area contributed by atoms with Gasteiger partial charge in [-0.1, -0.05) is 42.8 Å². The van der Waals surface area contributed by atoms with E-state index in [1.807, 2.05) is 43.3 Å². The van der Waals surface area contributed by atoms with Gasteiger partial charge in [-0.15, -0.1) is 10.2 Å². The molecule has 0 atom stereocenters. The van der Waals surface area contributed by atoms with Gasteiger partial charge in [-0.2, -0.15) is 4.31 Å². The third kappa shape index (κ3) is 4.22. The number of rotatable bonds is 5. The Kier molecular flexibility index (Phi) is 5.93. The minimum atomic E-state index is -3.58. The number of aryl methyl sites for hydroxylation is 1. The van der Waals surface area contributed by atoms with Crippen LogP contribution in [-0.2, 0) is 10.0 Å². The van der Waals surface area contributed by atoms with Crippen molar-refractivity contribution in [2.45, 2.75) is 31.1 Å². The molecule has 1 aliphatic heterocycles. The van der Waals surface area contributed by atoms with E-state index in [9.17, 15) is 13.5 Å². The fourth-order valence-corrected chi connectivity index (χ4v) is 6.13. The highest BCUT2D eigenvalue weighted by molar-refractivity contribution is 7.89. The predicted octanol–water partition coefficient (Wildman–Crippen LogP) is 5.23. The average molecular weight is 475 g/mol. The molecule has 0 aliphatic carbocycles. The highest BCUT2D eigenvalue weighted by Gasteiger charge is 2.28. The third-order valence-electron chi connectivity index (χ3n) is 6.21. The molecule has 3 aromatic carbocycles. The smallest absolute Gasteiger partial charge is 0.243 e. The number of anilines is 2. The number of phenols is 1. The van der Waals surface area contributed by atoms with Crippen LogP contribution in [0, 0.1) is 6.92 Å². The molecule has 0 unspecified atom stereocenters. The molecule has 0 bridgehead atoms. The van der Waals surface area contributed by atoms with Crippen LogP contribution in [0.5, 0.6) is 5.75 Å². The number of fused-ring (bicyclic) bond motifs is 1. The summed E-state index contributed by atoms with van der Waals surface area (Å²) in [5, 5.41) is 23.4. The standard InChI is InChI=1S/C26H26N4O3S/c1-18-9-10-19(17-24(18)34(32,33)30-15-5-2-6-16-30)25-22-7-3-4-8-23(22)26(29-28-25)27-20-11-13-21(31)14-12-20/h3-4,7-14,17,31H,2,5-6,15-16H2,1H3,(H,27,29). The molecule has 7 nitrogen and oxygen atoms in total. The average Bonchev–Trinajstić information content (AvgIpc) is 2.86. The molecule has 2 heterocycles. The normalized spacial score (nSPS) is 14.9. The number of aromatic nitrogens is 2. The van der Waals surface area contributed by atoms with E-state index in [1.165, 1.54) is 0 Å². The molecule has 0 amide bonds. The van der Waals surface area contributed by atoms with Gasteiger partial charge in [0.15, 0.2) is 5.82 Å². The van der Waals surface area contributed by atoms with Crippen LogP contribution in [0.3, 0.4) is 0 Å². The van der Waals surface area contributed by atoms with Crippen LogP contribution in [0.2, 0.25) is 0 Å². The Balaban J connectivity index is 1.57. The largest absolute Gasteiger partial charge is 0.508 e. The second kappa shape index (κ2) is 9.04. The zero-order valence-electron chi connectivity index (χ0n) is 18.9. The summed E-state index contributed by atoms with van der Waals surface area (Å²) in [6.07, 6.45) is 2.85.